The zero-order valence-corrected chi connectivity index (χ0v) is 33.8. The molecule has 0 saturated heterocycles. The number of anilines is 6. The van der Waals surface area contributed by atoms with Crippen LogP contribution in [0, 0.1) is 83.1 Å². The Morgan fingerprint density at radius 1 is 0.333 bits per heavy atom. The molecule has 0 atom stereocenters. The van der Waals surface area contributed by atoms with Crippen molar-refractivity contribution in [1.82, 2.24) is 0 Å². The number of hydrogen-bond donors (Lipinski definition) is 0. The van der Waals surface area contributed by atoms with Crippen molar-refractivity contribution < 1.29 is 9.59 Å². The first-order chi connectivity index (χ1) is 25.6. The van der Waals surface area contributed by atoms with Crippen LogP contribution in [0.3, 0.4) is 0 Å². The summed E-state index contributed by atoms with van der Waals surface area (Å²) in [6.45, 7) is 25.6. The fourth-order valence-electron chi connectivity index (χ4n) is 9.37. The molecule has 0 amide bonds. The van der Waals surface area contributed by atoms with Gasteiger partial charge in [0.15, 0.2) is 11.6 Å². The quantitative estimate of drug-likeness (QED) is 0.172. The summed E-state index contributed by atoms with van der Waals surface area (Å²) < 4.78 is 0. The molecule has 0 unspecified atom stereocenters. The molecule has 54 heavy (non-hydrogen) atoms. The summed E-state index contributed by atoms with van der Waals surface area (Å²) in [6, 6.07) is 29.0. The molecule has 7 rings (SSSR count). The van der Waals surface area contributed by atoms with Gasteiger partial charge in [-0.3, -0.25) is 9.59 Å². The molecule has 1 aliphatic rings. The molecule has 0 spiro atoms. The van der Waals surface area contributed by atoms with Gasteiger partial charge in [-0.05, 0) is 140 Å². The summed E-state index contributed by atoms with van der Waals surface area (Å²) >= 11 is 0. The molecule has 0 radical (unpaired) electrons. The van der Waals surface area contributed by atoms with Gasteiger partial charge in [0.2, 0.25) is 0 Å². The van der Waals surface area contributed by atoms with Gasteiger partial charge in [-0.1, -0.05) is 95.1 Å². The van der Waals surface area contributed by atoms with Crippen LogP contribution < -0.4 is 9.80 Å². The highest BCUT2D eigenvalue weighted by atomic mass is 16.1. The van der Waals surface area contributed by atoms with Gasteiger partial charge in [-0.2, -0.15) is 0 Å². The van der Waals surface area contributed by atoms with E-state index in [9.17, 15) is 0 Å². The molecule has 6 aromatic carbocycles. The lowest BCUT2D eigenvalue weighted by Gasteiger charge is -2.37. The molecule has 4 nitrogen and oxygen atoms in total. The lowest BCUT2D eigenvalue weighted by Crippen LogP contribution is -2.28. The molecular formula is C50H50N2O2. The van der Waals surface area contributed by atoms with Crippen molar-refractivity contribution in [3.63, 3.8) is 0 Å². The van der Waals surface area contributed by atoms with E-state index in [0.717, 1.165) is 67.3 Å². The topological polar surface area (TPSA) is 40.6 Å². The van der Waals surface area contributed by atoms with Gasteiger partial charge in [0.25, 0.3) is 0 Å². The largest absolute Gasteiger partial charge is 0.309 e. The Kier molecular flexibility index (Phi) is 9.22. The standard InChI is InChI=1S/C50H50N2O2/c1-27-19-31(5)45(32(6)20-27)51(46-33(7)21-28(2)22-34(46)8)41-17-18-42(44-43(41)49(53)39-15-13-14-16-40(39)50(44)54)52(47-35(9)23-29(3)24-36(47)10)48-37(11)25-30(4)26-38(48)12/h13-26H,1-12H3. The van der Waals surface area contributed by atoms with Crippen molar-refractivity contribution in [2.24, 2.45) is 0 Å². The first-order valence-electron chi connectivity index (χ1n) is 18.9. The number of fused-ring (bicyclic) bond motifs is 2. The molecule has 272 valence electrons. The van der Waals surface area contributed by atoms with E-state index in [2.05, 4.69) is 154 Å². The maximum Gasteiger partial charge on any atom is 0.196 e. The van der Waals surface area contributed by atoms with Crippen molar-refractivity contribution in [3.8, 4) is 0 Å². The van der Waals surface area contributed by atoms with E-state index in [0.29, 0.717) is 33.6 Å². The summed E-state index contributed by atoms with van der Waals surface area (Å²) in [6.07, 6.45) is 0. The summed E-state index contributed by atoms with van der Waals surface area (Å²) in [4.78, 5) is 35.1. The fourth-order valence-corrected chi connectivity index (χ4v) is 9.37. The predicted molar refractivity (Wildman–Crippen MR) is 226 cm³/mol. The van der Waals surface area contributed by atoms with Crippen LogP contribution in [-0.2, 0) is 0 Å². The monoisotopic (exact) mass is 710 g/mol. The fraction of sp³-hybridized carbons (Fsp3) is 0.240. The molecule has 0 saturated carbocycles. The third-order valence-electron chi connectivity index (χ3n) is 10.9. The number of aryl methyl sites for hydroxylation is 12. The second-order valence-electron chi connectivity index (χ2n) is 15.7. The van der Waals surface area contributed by atoms with Gasteiger partial charge < -0.3 is 9.80 Å². The van der Waals surface area contributed by atoms with Crippen LogP contribution in [0.25, 0.3) is 0 Å². The number of rotatable bonds is 6. The highest BCUT2D eigenvalue weighted by molar-refractivity contribution is 6.32. The van der Waals surface area contributed by atoms with Crippen LogP contribution in [0.15, 0.2) is 84.9 Å². The molecule has 4 heteroatoms. The Bertz CT molecular complexity index is 2190. The number of carbonyl (C=O) groups is 2. The van der Waals surface area contributed by atoms with Crippen LogP contribution >= 0.6 is 0 Å². The van der Waals surface area contributed by atoms with Crippen LogP contribution in [0.4, 0.5) is 34.1 Å². The van der Waals surface area contributed by atoms with Gasteiger partial charge in [-0.25, -0.2) is 0 Å². The first kappa shape index (κ1) is 36.6. The third kappa shape index (κ3) is 5.94. The predicted octanol–water partition coefficient (Wildman–Crippen LogP) is 13.1. The highest BCUT2D eigenvalue weighted by Gasteiger charge is 2.39. The maximum atomic E-state index is 15.3. The molecule has 1 aliphatic carbocycles. The second kappa shape index (κ2) is 13.6. The molecule has 0 heterocycles. The van der Waals surface area contributed by atoms with Crippen molar-refractivity contribution in [2.75, 3.05) is 9.80 Å². The van der Waals surface area contributed by atoms with Gasteiger partial charge in [0, 0.05) is 11.1 Å². The molecular weight excluding hydrogens is 661 g/mol. The van der Waals surface area contributed by atoms with E-state index in [1.165, 1.54) is 22.3 Å². The van der Waals surface area contributed by atoms with Gasteiger partial charge in [0.1, 0.15) is 0 Å². The van der Waals surface area contributed by atoms with E-state index in [-0.39, 0.29) is 11.6 Å². The number of benzene rings is 6. The van der Waals surface area contributed by atoms with Crippen molar-refractivity contribution in [2.45, 2.75) is 83.1 Å². The summed E-state index contributed by atoms with van der Waals surface area (Å²) in [5, 5.41) is 0. The van der Waals surface area contributed by atoms with Crippen molar-refractivity contribution in [1.29, 1.82) is 0 Å². The molecule has 0 fully saturated rings. The van der Waals surface area contributed by atoms with Crippen LogP contribution in [0.5, 0.6) is 0 Å². The molecule has 0 N–H and O–H groups in total. The first-order valence-corrected chi connectivity index (χ1v) is 18.9. The smallest absolute Gasteiger partial charge is 0.196 e. The number of nitrogens with zero attached hydrogens (tertiary/aromatic N) is 2. The number of hydrogen-bond acceptors (Lipinski definition) is 4. The van der Waals surface area contributed by atoms with E-state index in [4.69, 9.17) is 0 Å². The normalized spacial score (nSPS) is 12.1. The van der Waals surface area contributed by atoms with E-state index < -0.39 is 0 Å². The van der Waals surface area contributed by atoms with Crippen LogP contribution in [-0.4, -0.2) is 11.6 Å². The Labute approximate surface area is 321 Å². The van der Waals surface area contributed by atoms with Gasteiger partial charge in [0.05, 0.1) is 45.3 Å². The molecule has 6 aromatic rings. The lowest BCUT2D eigenvalue weighted by molar-refractivity contribution is 0.0980. The second-order valence-corrected chi connectivity index (χ2v) is 15.7. The van der Waals surface area contributed by atoms with Crippen molar-refractivity contribution >= 4 is 45.7 Å². The van der Waals surface area contributed by atoms with Crippen molar-refractivity contribution in [3.05, 3.63) is 174 Å². The summed E-state index contributed by atoms with van der Waals surface area (Å²) in [7, 11) is 0. The van der Waals surface area contributed by atoms with Gasteiger partial charge >= 0.3 is 0 Å². The third-order valence-corrected chi connectivity index (χ3v) is 10.9. The summed E-state index contributed by atoms with van der Waals surface area (Å²) in [5.74, 6) is -0.303. The number of ketones is 2. The Morgan fingerprint density at radius 3 is 0.778 bits per heavy atom. The van der Waals surface area contributed by atoms with E-state index in [1.807, 2.05) is 12.1 Å². The number of carbonyl (C=O) groups excluding carboxylic acids is 2. The highest BCUT2D eigenvalue weighted by Crippen LogP contribution is 2.51. The Hall–Kier alpha value is -5.74. The lowest BCUT2D eigenvalue weighted by atomic mass is 9.81. The van der Waals surface area contributed by atoms with Crippen LogP contribution in [0.1, 0.15) is 98.6 Å². The van der Waals surface area contributed by atoms with E-state index in [1.54, 1.807) is 12.1 Å². The minimum Gasteiger partial charge on any atom is -0.309 e. The maximum absolute atomic E-state index is 15.3. The SMILES string of the molecule is Cc1cc(C)c(N(c2ccc(N(c3c(C)cc(C)cc3C)c3c(C)cc(C)cc3C)c3c2C(=O)c2ccccc2C3=O)c2c(C)cc(C)cc2C)c(C)c1. The Morgan fingerprint density at radius 2 is 0.556 bits per heavy atom. The Balaban J connectivity index is 1.67. The van der Waals surface area contributed by atoms with Gasteiger partial charge in [-0.15, -0.1) is 0 Å². The average Bonchev–Trinajstić information content (AvgIpc) is 3.07. The average molecular weight is 711 g/mol. The minimum atomic E-state index is -0.151. The van der Waals surface area contributed by atoms with E-state index >= 15 is 9.59 Å². The zero-order valence-electron chi connectivity index (χ0n) is 33.8. The molecule has 0 bridgehead atoms. The molecule has 0 aromatic heterocycles. The summed E-state index contributed by atoms with van der Waals surface area (Å²) in [5.41, 5.74) is 20.6. The van der Waals surface area contributed by atoms with Crippen LogP contribution in [0.2, 0.25) is 0 Å². The minimum absolute atomic E-state index is 0.151. The zero-order chi connectivity index (χ0) is 38.9. The molecule has 0 aliphatic heterocycles.